The Balaban J connectivity index is 1.52. The Hall–Kier alpha value is -0.590. The molecule has 0 amide bonds. The first-order chi connectivity index (χ1) is 13.3. The predicted octanol–water partition coefficient (Wildman–Crippen LogP) is 7.45. The molecule has 3 saturated carbocycles. The second-order valence-corrected chi connectivity index (χ2v) is 11.9. The summed E-state index contributed by atoms with van der Waals surface area (Å²) in [6, 6.07) is 0. The molecular formula is C27H44O. The number of carbonyl (C=O) groups excluding carboxylic acids is 1. The Kier molecular flexibility index (Phi) is 5.60. The first kappa shape index (κ1) is 20.7. The van der Waals surface area contributed by atoms with Gasteiger partial charge in [0.25, 0.3) is 0 Å². The van der Waals surface area contributed by atoms with Gasteiger partial charge in [0.1, 0.15) is 5.78 Å². The molecular weight excluding hydrogens is 340 g/mol. The zero-order chi connectivity index (χ0) is 20.1. The molecule has 28 heavy (non-hydrogen) atoms. The molecule has 1 nitrogen and oxygen atoms in total. The second kappa shape index (κ2) is 7.59. The zero-order valence-corrected chi connectivity index (χ0v) is 19.2. The van der Waals surface area contributed by atoms with E-state index in [9.17, 15) is 4.79 Å². The topological polar surface area (TPSA) is 17.1 Å². The van der Waals surface area contributed by atoms with Crippen LogP contribution in [-0.4, -0.2) is 5.78 Å². The maximum absolute atomic E-state index is 13.1. The minimum atomic E-state index is -0.0556. The van der Waals surface area contributed by atoms with Crippen molar-refractivity contribution in [3.8, 4) is 0 Å². The molecule has 0 aromatic carbocycles. The van der Waals surface area contributed by atoms with Crippen LogP contribution < -0.4 is 0 Å². The number of Topliss-reactive ketones (excluding diaryl/α,β-unsaturated/α-hetero) is 1. The molecule has 1 heteroatoms. The number of fused-ring (bicyclic) bond motifs is 5. The van der Waals surface area contributed by atoms with Crippen LogP contribution in [0.15, 0.2) is 12.2 Å². The van der Waals surface area contributed by atoms with Crippen LogP contribution in [0.2, 0.25) is 0 Å². The van der Waals surface area contributed by atoms with Crippen molar-refractivity contribution in [1.82, 2.24) is 0 Å². The summed E-state index contributed by atoms with van der Waals surface area (Å²) in [7, 11) is 0. The Labute approximate surface area is 174 Å². The zero-order valence-electron chi connectivity index (χ0n) is 19.2. The average Bonchev–Trinajstić information content (AvgIpc) is 3.00. The summed E-state index contributed by atoms with van der Waals surface area (Å²) in [5, 5.41) is 0. The number of carbonyl (C=O) groups is 1. The fourth-order valence-electron chi connectivity index (χ4n) is 8.49. The molecule has 158 valence electrons. The molecule has 0 heterocycles. The quantitative estimate of drug-likeness (QED) is 0.450. The fraction of sp³-hybridized carbons (Fsp3) is 0.889. The third-order valence-corrected chi connectivity index (χ3v) is 10.2. The van der Waals surface area contributed by atoms with Gasteiger partial charge in [0, 0.05) is 11.8 Å². The Morgan fingerprint density at radius 3 is 2.54 bits per heavy atom. The van der Waals surface area contributed by atoms with Gasteiger partial charge in [0.15, 0.2) is 0 Å². The molecule has 0 aromatic rings. The summed E-state index contributed by atoms with van der Waals surface area (Å²) in [5.41, 5.74) is 0.448. The molecule has 1 unspecified atom stereocenters. The highest BCUT2D eigenvalue weighted by atomic mass is 16.1. The highest BCUT2D eigenvalue weighted by molar-refractivity contribution is 5.86. The lowest BCUT2D eigenvalue weighted by Crippen LogP contribution is -2.54. The summed E-state index contributed by atoms with van der Waals surface area (Å²) in [6.07, 6.45) is 17.9. The lowest BCUT2D eigenvalue weighted by atomic mass is 9.46. The van der Waals surface area contributed by atoms with Gasteiger partial charge in [0.05, 0.1) is 0 Å². The van der Waals surface area contributed by atoms with Crippen molar-refractivity contribution in [3.05, 3.63) is 12.2 Å². The van der Waals surface area contributed by atoms with Crippen LogP contribution in [0.3, 0.4) is 0 Å². The summed E-state index contributed by atoms with van der Waals surface area (Å²) in [4.78, 5) is 13.1. The van der Waals surface area contributed by atoms with Crippen molar-refractivity contribution in [2.45, 2.75) is 98.8 Å². The number of hydrogen-bond acceptors (Lipinski definition) is 1. The minimum absolute atomic E-state index is 0.0556. The molecule has 0 aliphatic heterocycles. The van der Waals surface area contributed by atoms with Crippen LogP contribution in [0.25, 0.3) is 0 Å². The van der Waals surface area contributed by atoms with E-state index < -0.39 is 0 Å². The number of ketones is 1. The van der Waals surface area contributed by atoms with Crippen LogP contribution >= 0.6 is 0 Å². The van der Waals surface area contributed by atoms with Gasteiger partial charge in [-0.25, -0.2) is 0 Å². The number of hydrogen-bond donors (Lipinski definition) is 0. The SMILES string of the molecule is CC(C)CCC[C@@H](C)[C@H]1CC[C@H]2[C@@H]3C=CC4CCCC(=O)[C@]4(C)[C@H]3CC[C@]12C. The van der Waals surface area contributed by atoms with Gasteiger partial charge in [-0.05, 0) is 85.4 Å². The van der Waals surface area contributed by atoms with Crippen LogP contribution in [0.1, 0.15) is 98.8 Å². The summed E-state index contributed by atoms with van der Waals surface area (Å²) in [5.74, 6) is 5.79. The Morgan fingerprint density at radius 2 is 1.79 bits per heavy atom. The molecule has 0 aromatic heterocycles. The van der Waals surface area contributed by atoms with Crippen molar-refractivity contribution in [1.29, 1.82) is 0 Å². The highest BCUT2D eigenvalue weighted by Gasteiger charge is 2.60. The van der Waals surface area contributed by atoms with E-state index in [0.29, 0.717) is 29.0 Å². The number of allylic oxidation sites excluding steroid dienone is 2. The molecule has 0 bridgehead atoms. The minimum Gasteiger partial charge on any atom is -0.299 e. The predicted molar refractivity (Wildman–Crippen MR) is 118 cm³/mol. The van der Waals surface area contributed by atoms with Gasteiger partial charge < -0.3 is 0 Å². The van der Waals surface area contributed by atoms with Gasteiger partial charge in [-0.15, -0.1) is 0 Å². The van der Waals surface area contributed by atoms with E-state index in [1.807, 2.05) is 0 Å². The third kappa shape index (κ3) is 3.14. The van der Waals surface area contributed by atoms with Gasteiger partial charge in [-0.3, -0.25) is 4.79 Å². The van der Waals surface area contributed by atoms with Gasteiger partial charge in [-0.2, -0.15) is 0 Å². The summed E-state index contributed by atoms with van der Waals surface area (Å²) >= 11 is 0. The van der Waals surface area contributed by atoms with Crippen LogP contribution in [0.4, 0.5) is 0 Å². The lowest BCUT2D eigenvalue weighted by Gasteiger charge is -2.57. The molecule has 8 atom stereocenters. The molecule has 3 fully saturated rings. The van der Waals surface area contributed by atoms with E-state index in [1.54, 1.807) is 0 Å². The van der Waals surface area contributed by atoms with Crippen LogP contribution in [0.5, 0.6) is 0 Å². The molecule has 4 rings (SSSR count). The highest BCUT2D eigenvalue weighted by Crippen LogP contribution is 2.66. The lowest BCUT2D eigenvalue weighted by molar-refractivity contribution is -0.144. The van der Waals surface area contributed by atoms with Crippen molar-refractivity contribution >= 4 is 5.78 Å². The van der Waals surface area contributed by atoms with E-state index in [1.165, 1.54) is 51.4 Å². The number of rotatable bonds is 5. The monoisotopic (exact) mass is 384 g/mol. The molecule has 0 radical (unpaired) electrons. The average molecular weight is 385 g/mol. The van der Waals surface area contributed by atoms with Crippen molar-refractivity contribution in [3.63, 3.8) is 0 Å². The molecule has 0 N–H and O–H groups in total. The molecule has 0 saturated heterocycles. The first-order valence-electron chi connectivity index (χ1n) is 12.5. The molecule has 0 spiro atoms. The van der Waals surface area contributed by atoms with Crippen molar-refractivity contribution in [2.24, 2.45) is 52.3 Å². The molecule has 4 aliphatic carbocycles. The maximum atomic E-state index is 13.1. The summed E-state index contributed by atoms with van der Waals surface area (Å²) < 4.78 is 0. The summed E-state index contributed by atoms with van der Waals surface area (Å²) in [6.45, 7) is 12.2. The Morgan fingerprint density at radius 1 is 1.00 bits per heavy atom. The van der Waals surface area contributed by atoms with Gasteiger partial charge >= 0.3 is 0 Å². The second-order valence-electron chi connectivity index (χ2n) is 11.9. The fourth-order valence-corrected chi connectivity index (χ4v) is 8.49. The van der Waals surface area contributed by atoms with Gasteiger partial charge in [-0.1, -0.05) is 66.0 Å². The van der Waals surface area contributed by atoms with E-state index in [-0.39, 0.29) is 5.41 Å². The largest absolute Gasteiger partial charge is 0.299 e. The molecule has 4 aliphatic rings. The van der Waals surface area contributed by atoms with Crippen LogP contribution in [0, 0.1) is 52.3 Å². The van der Waals surface area contributed by atoms with E-state index in [4.69, 9.17) is 0 Å². The van der Waals surface area contributed by atoms with Crippen molar-refractivity contribution in [2.75, 3.05) is 0 Å². The van der Waals surface area contributed by atoms with E-state index in [0.717, 1.165) is 36.5 Å². The normalized spacial score (nSPS) is 46.2. The third-order valence-electron chi connectivity index (χ3n) is 10.2. The van der Waals surface area contributed by atoms with Gasteiger partial charge in [0.2, 0.25) is 0 Å². The first-order valence-corrected chi connectivity index (χ1v) is 12.5. The van der Waals surface area contributed by atoms with Crippen LogP contribution in [-0.2, 0) is 4.79 Å². The van der Waals surface area contributed by atoms with Crippen molar-refractivity contribution < 1.29 is 4.79 Å². The Bertz CT molecular complexity index is 618. The van der Waals surface area contributed by atoms with E-state index >= 15 is 0 Å². The smallest absolute Gasteiger partial charge is 0.139 e. The standard InChI is InChI=1S/C27H44O/c1-18(2)8-6-9-19(3)22-14-15-23-21-13-12-20-10-7-11-25(28)27(20,5)24(21)16-17-26(22,23)4/h12-13,18-24H,6-11,14-17H2,1-5H3/t19-,20?,21+,22-,23+,24+,26-,27+/m1/s1. The van der Waals surface area contributed by atoms with E-state index in [2.05, 4.69) is 46.8 Å². The maximum Gasteiger partial charge on any atom is 0.139 e.